The molecule has 1 aromatic heterocycles. The zero-order chi connectivity index (χ0) is 17.1. The molecule has 1 atom stereocenters. The van der Waals surface area contributed by atoms with E-state index in [-0.39, 0.29) is 17.8 Å². The maximum absolute atomic E-state index is 13.6. The number of carbonyl (C=O) groups excluding carboxylic acids is 1. The number of hydrogen-bond donors (Lipinski definition) is 2. The molecule has 0 aliphatic rings. The fourth-order valence-corrected chi connectivity index (χ4v) is 1.86. The Kier molecular flexibility index (Phi) is 4.68. The van der Waals surface area contributed by atoms with Gasteiger partial charge in [0.2, 0.25) is 0 Å². The van der Waals surface area contributed by atoms with Gasteiger partial charge in [0.15, 0.2) is 5.69 Å². The Morgan fingerprint density at radius 2 is 2.09 bits per heavy atom. The topological polar surface area (TPSA) is 97.1 Å². The smallest absolute Gasteiger partial charge is 0.325 e. The molecule has 0 aliphatic carbocycles. The quantitative estimate of drug-likeness (QED) is 0.859. The Morgan fingerprint density at radius 1 is 1.39 bits per heavy atom. The molecule has 0 saturated heterocycles. The summed E-state index contributed by atoms with van der Waals surface area (Å²) < 4.78 is 27.8. The summed E-state index contributed by atoms with van der Waals surface area (Å²) in [5.41, 5.74) is 0.467. The van der Waals surface area contributed by atoms with Crippen LogP contribution in [0.3, 0.4) is 0 Å². The summed E-state index contributed by atoms with van der Waals surface area (Å²) in [6.45, 7) is 2.82. The first-order valence-electron chi connectivity index (χ1n) is 6.67. The first-order valence-corrected chi connectivity index (χ1v) is 6.67. The molecule has 2 N–H and O–H groups in total. The van der Waals surface area contributed by atoms with Crippen LogP contribution in [0, 0.1) is 18.6 Å². The Bertz CT molecular complexity index is 760. The van der Waals surface area contributed by atoms with Gasteiger partial charge in [0.25, 0.3) is 5.91 Å². The second kappa shape index (κ2) is 6.51. The van der Waals surface area contributed by atoms with Gasteiger partial charge in [0.1, 0.15) is 17.7 Å². The van der Waals surface area contributed by atoms with Crippen LogP contribution in [-0.2, 0) is 11.3 Å². The summed E-state index contributed by atoms with van der Waals surface area (Å²) in [6, 6.07) is 2.07. The normalized spacial score (nSPS) is 12.0. The minimum absolute atomic E-state index is 0.0350. The van der Waals surface area contributed by atoms with Crippen molar-refractivity contribution in [3.8, 4) is 0 Å². The van der Waals surface area contributed by atoms with Gasteiger partial charge >= 0.3 is 5.97 Å². The SMILES string of the molecule is Cc1c(C(=O)N[C@@H](C)C(=O)O)nnn1Cc1ccc(F)cc1F. The van der Waals surface area contributed by atoms with E-state index in [0.717, 1.165) is 12.1 Å². The standard InChI is InChI=1S/C14H14F2N4O3/c1-7(14(22)23)17-13(21)12-8(2)20(19-18-12)6-9-3-4-10(15)5-11(9)16/h3-5,7H,6H2,1-2H3,(H,17,21)(H,22,23)/t7-/m0/s1. The molecule has 0 saturated carbocycles. The number of benzene rings is 1. The van der Waals surface area contributed by atoms with Gasteiger partial charge in [-0.2, -0.15) is 0 Å². The number of carboxylic acids is 1. The lowest BCUT2D eigenvalue weighted by Crippen LogP contribution is -2.38. The third-order valence-electron chi connectivity index (χ3n) is 3.25. The van der Waals surface area contributed by atoms with Gasteiger partial charge in [-0.3, -0.25) is 9.59 Å². The van der Waals surface area contributed by atoms with Crippen LogP contribution < -0.4 is 5.32 Å². The van der Waals surface area contributed by atoms with Crippen molar-refractivity contribution in [2.45, 2.75) is 26.4 Å². The molecule has 0 unspecified atom stereocenters. The fraction of sp³-hybridized carbons (Fsp3) is 0.286. The van der Waals surface area contributed by atoms with E-state index >= 15 is 0 Å². The van der Waals surface area contributed by atoms with Crippen molar-refractivity contribution in [3.63, 3.8) is 0 Å². The number of halogens is 2. The summed E-state index contributed by atoms with van der Waals surface area (Å²) in [7, 11) is 0. The van der Waals surface area contributed by atoms with Crippen LogP contribution in [0.15, 0.2) is 18.2 Å². The van der Waals surface area contributed by atoms with Crippen molar-refractivity contribution in [2.75, 3.05) is 0 Å². The fourth-order valence-electron chi connectivity index (χ4n) is 1.86. The summed E-state index contributed by atoms with van der Waals surface area (Å²) >= 11 is 0. The average molecular weight is 324 g/mol. The summed E-state index contributed by atoms with van der Waals surface area (Å²) in [5.74, 6) is -3.30. The number of nitrogens with zero attached hydrogens (tertiary/aromatic N) is 3. The van der Waals surface area contributed by atoms with Crippen molar-refractivity contribution in [2.24, 2.45) is 0 Å². The number of carboxylic acid groups (broad SMARTS) is 1. The lowest BCUT2D eigenvalue weighted by Gasteiger charge is -2.08. The summed E-state index contributed by atoms with van der Waals surface area (Å²) in [6.07, 6.45) is 0. The third-order valence-corrected chi connectivity index (χ3v) is 3.25. The van der Waals surface area contributed by atoms with Crippen LogP contribution in [-0.4, -0.2) is 38.0 Å². The zero-order valence-corrected chi connectivity index (χ0v) is 12.4. The number of amides is 1. The van der Waals surface area contributed by atoms with E-state index in [0.29, 0.717) is 5.69 Å². The molecule has 1 amide bonds. The number of aliphatic carboxylic acids is 1. The third kappa shape index (κ3) is 3.68. The number of nitrogens with one attached hydrogen (secondary N) is 1. The molecule has 0 radical (unpaired) electrons. The Balaban J connectivity index is 2.19. The van der Waals surface area contributed by atoms with Gasteiger partial charge in [-0.25, -0.2) is 13.5 Å². The van der Waals surface area contributed by atoms with Crippen LogP contribution in [0.25, 0.3) is 0 Å². The molecule has 1 aromatic carbocycles. The molecule has 0 aliphatic heterocycles. The van der Waals surface area contributed by atoms with E-state index in [2.05, 4.69) is 15.6 Å². The predicted molar refractivity (Wildman–Crippen MR) is 74.8 cm³/mol. The maximum atomic E-state index is 13.6. The van der Waals surface area contributed by atoms with Crippen LogP contribution >= 0.6 is 0 Å². The van der Waals surface area contributed by atoms with Crippen molar-refractivity contribution in [3.05, 3.63) is 46.8 Å². The highest BCUT2D eigenvalue weighted by Gasteiger charge is 2.21. The van der Waals surface area contributed by atoms with E-state index in [1.807, 2.05) is 0 Å². The molecule has 23 heavy (non-hydrogen) atoms. The largest absolute Gasteiger partial charge is 0.480 e. The minimum Gasteiger partial charge on any atom is -0.480 e. The van der Waals surface area contributed by atoms with E-state index in [1.165, 1.54) is 17.7 Å². The maximum Gasteiger partial charge on any atom is 0.325 e. The molecule has 7 nitrogen and oxygen atoms in total. The number of rotatable bonds is 5. The van der Waals surface area contributed by atoms with Crippen LogP contribution in [0.1, 0.15) is 28.7 Å². The molecule has 0 fully saturated rings. The second-order valence-corrected chi connectivity index (χ2v) is 4.95. The van der Waals surface area contributed by atoms with Gasteiger partial charge in [0.05, 0.1) is 12.2 Å². The molecule has 2 rings (SSSR count). The molecule has 0 bridgehead atoms. The van der Waals surface area contributed by atoms with E-state index < -0.39 is 29.6 Å². The van der Waals surface area contributed by atoms with Crippen LogP contribution in [0.4, 0.5) is 8.78 Å². The van der Waals surface area contributed by atoms with Gasteiger partial charge < -0.3 is 10.4 Å². The Labute approximate surface area is 129 Å². The second-order valence-electron chi connectivity index (χ2n) is 4.95. The van der Waals surface area contributed by atoms with E-state index in [4.69, 9.17) is 5.11 Å². The van der Waals surface area contributed by atoms with Crippen molar-refractivity contribution in [1.82, 2.24) is 20.3 Å². The first kappa shape index (κ1) is 16.5. The molecule has 122 valence electrons. The molecular weight excluding hydrogens is 310 g/mol. The van der Waals surface area contributed by atoms with Crippen LogP contribution in [0.5, 0.6) is 0 Å². The molecule has 1 heterocycles. The lowest BCUT2D eigenvalue weighted by atomic mass is 10.2. The van der Waals surface area contributed by atoms with Gasteiger partial charge in [-0.1, -0.05) is 11.3 Å². The van der Waals surface area contributed by atoms with Crippen molar-refractivity contribution >= 4 is 11.9 Å². The molecule has 0 spiro atoms. The highest BCUT2D eigenvalue weighted by Crippen LogP contribution is 2.13. The number of carbonyl (C=O) groups is 2. The first-order chi connectivity index (χ1) is 10.8. The van der Waals surface area contributed by atoms with Gasteiger partial charge in [-0.05, 0) is 19.9 Å². The van der Waals surface area contributed by atoms with Crippen molar-refractivity contribution in [1.29, 1.82) is 0 Å². The van der Waals surface area contributed by atoms with Gasteiger partial charge in [0, 0.05) is 11.6 Å². The monoisotopic (exact) mass is 324 g/mol. The Hall–Kier alpha value is -2.84. The summed E-state index contributed by atoms with van der Waals surface area (Å²) in [5, 5.41) is 18.5. The highest BCUT2D eigenvalue weighted by molar-refractivity contribution is 5.95. The highest BCUT2D eigenvalue weighted by atomic mass is 19.1. The molecule has 2 aromatic rings. The summed E-state index contributed by atoms with van der Waals surface area (Å²) in [4.78, 5) is 22.7. The van der Waals surface area contributed by atoms with Crippen molar-refractivity contribution < 1.29 is 23.5 Å². The minimum atomic E-state index is -1.18. The van der Waals surface area contributed by atoms with Crippen LogP contribution in [0.2, 0.25) is 0 Å². The molecule has 9 heteroatoms. The Morgan fingerprint density at radius 3 is 2.70 bits per heavy atom. The van der Waals surface area contributed by atoms with E-state index in [1.54, 1.807) is 6.92 Å². The zero-order valence-electron chi connectivity index (χ0n) is 12.4. The van der Waals surface area contributed by atoms with Gasteiger partial charge in [-0.15, -0.1) is 5.10 Å². The average Bonchev–Trinajstić information content (AvgIpc) is 2.83. The van der Waals surface area contributed by atoms with E-state index in [9.17, 15) is 18.4 Å². The number of hydrogen-bond acceptors (Lipinski definition) is 4. The number of aromatic nitrogens is 3. The predicted octanol–water partition coefficient (Wildman–Crippen LogP) is 1.12. The lowest BCUT2D eigenvalue weighted by molar-refractivity contribution is -0.138. The molecular formula is C14H14F2N4O3.